The molecule has 2 N–H and O–H groups in total. The Labute approximate surface area is 176 Å². The van der Waals surface area contributed by atoms with Crippen molar-refractivity contribution in [1.29, 1.82) is 0 Å². The molecule has 1 aliphatic rings. The summed E-state index contributed by atoms with van der Waals surface area (Å²) in [6.45, 7) is 2.38. The highest BCUT2D eigenvalue weighted by Crippen LogP contribution is 2.26. The van der Waals surface area contributed by atoms with Gasteiger partial charge in [0, 0.05) is 30.5 Å². The van der Waals surface area contributed by atoms with E-state index in [0.717, 1.165) is 12.1 Å². The number of ether oxygens (including phenoxy) is 1. The van der Waals surface area contributed by atoms with Crippen LogP contribution in [0.4, 0.5) is 24.7 Å². The molecule has 1 aliphatic heterocycles. The molecule has 1 aromatic carbocycles. The molecule has 1 fully saturated rings. The molecular weight excluding hydrogens is 415 g/mol. The second kappa shape index (κ2) is 9.17. The molecule has 1 unspecified atom stereocenters. The van der Waals surface area contributed by atoms with Crippen LogP contribution in [0.2, 0.25) is 0 Å². The number of rotatable bonds is 6. The first-order valence-electron chi connectivity index (χ1n) is 9.39. The number of benzene rings is 1. The molecule has 0 bridgehead atoms. The number of anilines is 2. The summed E-state index contributed by atoms with van der Waals surface area (Å²) in [7, 11) is 0. The zero-order valence-electron chi connectivity index (χ0n) is 16.5. The van der Waals surface area contributed by atoms with E-state index in [2.05, 4.69) is 15.0 Å². The number of pyridine rings is 1. The van der Waals surface area contributed by atoms with E-state index in [0.29, 0.717) is 30.9 Å². The van der Waals surface area contributed by atoms with Crippen molar-refractivity contribution < 1.29 is 32.6 Å². The minimum absolute atomic E-state index is 0.177. The van der Waals surface area contributed by atoms with Gasteiger partial charge in [-0.05, 0) is 55.8 Å². The first-order chi connectivity index (χ1) is 14.6. The second-order valence-electron chi connectivity index (χ2n) is 7.00. The Bertz CT molecular complexity index is 990. The number of halogens is 3. The van der Waals surface area contributed by atoms with Gasteiger partial charge in [-0.15, -0.1) is 13.2 Å². The molecule has 0 aliphatic carbocycles. The molecule has 1 atom stereocenters. The van der Waals surface area contributed by atoms with Crippen molar-refractivity contribution in [3.63, 3.8) is 0 Å². The number of nitrogens with one attached hydrogen (secondary N) is 1. The first-order valence-corrected chi connectivity index (χ1v) is 9.39. The zero-order valence-corrected chi connectivity index (χ0v) is 16.5. The summed E-state index contributed by atoms with van der Waals surface area (Å²) in [5, 5.41) is 12.4. The maximum absolute atomic E-state index is 12.6. The van der Waals surface area contributed by atoms with Crippen LogP contribution in [0.15, 0.2) is 42.6 Å². The summed E-state index contributed by atoms with van der Waals surface area (Å²) in [5.41, 5.74) is 1.00. The van der Waals surface area contributed by atoms with Crippen LogP contribution in [0.5, 0.6) is 5.75 Å². The van der Waals surface area contributed by atoms with Crippen LogP contribution < -0.4 is 15.0 Å². The number of aromatic nitrogens is 1. The van der Waals surface area contributed by atoms with Crippen molar-refractivity contribution in [1.82, 2.24) is 4.98 Å². The third-order valence-electron chi connectivity index (χ3n) is 4.46. The Hall–Kier alpha value is -3.40. The molecule has 1 aromatic heterocycles. The molecule has 164 valence electrons. The van der Waals surface area contributed by atoms with Crippen molar-refractivity contribution in [3.05, 3.63) is 53.7 Å². The fourth-order valence-electron chi connectivity index (χ4n) is 3.07. The Kier molecular flexibility index (Phi) is 6.59. The summed E-state index contributed by atoms with van der Waals surface area (Å²) in [5.74, 6) is -0.564. The van der Waals surface area contributed by atoms with Gasteiger partial charge in [0.25, 0.3) is 5.91 Å². The van der Waals surface area contributed by atoms with E-state index in [1.54, 1.807) is 12.1 Å². The fraction of sp³-hybridized carbons (Fsp3) is 0.286. The van der Waals surface area contributed by atoms with Crippen molar-refractivity contribution >= 4 is 29.3 Å². The van der Waals surface area contributed by atoms with Gasteiger partial charge < -0.3 is 20.1 Å². The van der Waals surface area contributed by atoms with Gasteiger partial charge in [-0.3, -0.25) is 9.59 Å². The number of aliphatic hydroxyl groups excluding tert-OH is 1. The van der Waals surface area contributed by atoms with E-state index in [-0.39, 0.29) is 17.0 Å². The van der Waals surface area contributed by atoms with Crippen molar-refractivity contribution in [2.75, 3.05) is 23.3 Å². The number of alkyl halides is 3. The standard InChI is InChI=1S/C21H20F3N3O4/c1-13(28)2-3-14-10-15(11-25-19(14)27-9-8-17(29)12-27)20(30)26-16-4-6-18(7-5-16)31-21(22,23)24/h2-7,10-11,17,29H,8-9,12H2,1H3,(H,26,30). The average Bonchev–Trinajstić information content (AvgIpc) is 3.12. The molecule has 2 heterocycles. The minimum Gasteiger partial charge on any atom is -0.406 e. The number of β-amino-alcohol motifs (C(OH)–C–C–N with tert-alkyl or cyclic N) is 1. The SMILES string of the molecule is CC(=O)C=Cc1cc(C(=O)Nc2ccc(OC(F)(F)F)cc2)cnc1N1CCC(O)C1. The fourth-order valence-corrected chi connectivity index (χ4v) is 3.07. The molecule has 0 radical (unpaired) electrons. The van der Waals surface area contributed by atoms with Crippen LogP contribution in [0.1, 0.15) is 29.3 Å². The lowest BCUT2D eigenvalue weighted by Crippen LogP contribution is -2.23. The highest BCUT2D eigenvalue weighted by molar-refractivity contribution is 6.05. The van der Waals surface area contributed by atoms with Gasteiger partial charge in [0.2, 0.25) is 0 Å². The number of amides is 1. The normalized spacial score (nSPS) is 16.5. The van der Waals surface area contributed by atoms with Gasteiger partial charge in [0.1, 0.15) is 11.6 Å². The third-order valence-corrected chi connectivity index (χ3v) is 4.46. The molecule has 0 saturated carbocycles. The minimum atomic E-state index is -4.80. The molecule has 31 heavy (non-hydrogen) atoms. The summed E-state index contributed by atoms with van der Waals surface area (Å²) < 4.78 is 40.5. The van der Waals surface area contributed by atoms with Gasteiger partial charge in [0.15, 0.2) is 5.78 Å². The number of hydrogen-bond acceptors (Lipinski definition) is 6. The first kappa shape index (κ1) is 22.3. The van der Waals surface area contributed by atoms with Crippen LogP contribution in [-0.4, -0.2) is 47.3 Å². The predicted molar refractivity (Wildman–Crippen MR) is 108 cm³/mol. The maximum atomic E-state index is 12.6. The largest absolute Gasteiger partial charge is 0.573 e. The van der Waals surface area contributed by atoms with E-state index in [9.17, 15) is 27.9 Å². The summed E-state index contributed by atoms with van der Waals surface area (Å²) >= 11 is 0. The van der Waals surface area contributed by atoms with E-state index in [1.165, 1.54) is 31.3 Å². The van der Waals surface area contributed by atoms with Crippen LogP contribution in [0.25, 0.3) is 6.08 Å². The Morgan fingerprint density at radius 1 is 1.29 bits per heavy atom. The lowest BCUT2D eigenvalue weighted by atomic mass is 10.1. The Morgan fingerprint density at radius 2 is 2.00 bits per heavy atom. The van der Waals surface area contributed by atoms with Crippen LogP contribution in [0, 0.1) is 0 Å². The number of carbonyl (C=O) groups is 2. The number of allylic oxidation sites excluding steroid dienone is 1. The number of nitrogens with zero attached hydrogens (tertiary/aromatic N) is 2. The summed E-state index contributed by atoms with van der Waals surface area (Å²) in [6, 6.07) is 6.29. The molecular formula is C21H20F3N3O4. The number of ketones is 1. The van der Waals surface area contributed by atoms with E-state index < -0.39 is 24.1 Å². The molecule has 1 saturated heterocycles. The highest BCUT2D eigenvalue weighted by Gasteiger charge is 2.31. The maximum Gasteiger partial charge on any atom is 0.573 e. The van der Waals surface area contributed by atoms with E-state index >= 15 is 0 Å². The smallest absolute Gasteiger partial charge is 0.406 e. The molecule has 10 heteroatoms. The van der Waals surface area contributed by atoms with Gasteiger partial charge in [-0.1, -0.05) is 0 Å². The van der Waals surface area contributed by atoms with E-state index in [4.69, 9.17) is 0 Å². The van der Waals surface area contributed by atoms with Crippen molar-refractivity contribution in [2.45, 2.75) is 25.8 Å². The lowest BCUT2D eigenvalue weighted by Gasteiger charge is -2.19. The van der Waals surface area contributed by atoms with E-state index in [1.807, 2.05) is 4.90 Å². The lowest BCUT2D eigenvalue weighted by molar-refractivity contribution is -0.274. The number of hydrogen-bond donors (Lipinski definition) is 2. The second-order valence-corrected chi connectivity index (χ2v) is 7.00. The topological polar surface area (TPSA) is 91.8 Å². The Balaban J connectivity index is 1.79. The van der Waals surface area contributed by atoms with Gasteiger partial charge in [-0.25, -0.2) is 4.98 Å². The zero-order chi connectivity index (χ0) is 22.6. The molecule has 7 nitrogen and oxygen atoms in total. The monoisotopic (exact) mass is 435 g/mol. The van der Waals surface area contributed by atoms with Crippen LogP contribution >= 0.6 is 0 Å². The third kappa shape index (κ3) is 6.29. The van der Waals surface area contributed by atoms with Crippen LogP contribution in [0.3, 0.4) is 0 Å². The van der Waals surface area contributed by atoms with Crippen molar-refractivity contribution in [2.24, 2.45) is 0 Å². The summed E-state index contributed by atoms with van der Waals surface area (Å²) in [6.07, 6.45) is -0.412. The molecule has 2 aromatic rings. The number of aliphatic hydroxyl groups is 1. The Morgan fingerprint density at radius 3 is 2.58 bits per heavy atom. The predicted octanol–water partition coefficient (Wildman–Crippen LogP) is 3.41. The average molecular weight is 435 g/mol. The van der Waals surface area contributed by atoms with Crippen molar-refractivity contribution in [3.8, 4) is 5.75 Å². The molecule has 1 amide bonds. The summed E-state index contributed by atoms with van der Waals surface area (Å²) in [4.78, 5) is 30.2. The van der Waals surface area contributed by atoms with Crippen LogP contribution in [-0.2, 0) is 4.79 Å². The van der Waals surface area contributed by atoms with Gasteiger partial charge in [-0.2, -0.15) is 0 Å². The van der Waals surface area contributed by atoms with Gasteiger partial charge in [0.05, 0.1) is 11.7 Å². The molecule has 3 rings (SSSR count). The molecule has 0 spiro atoms. The highest BCUT2D eigenvalue weighted by atomic mass is 19.4. The quantitative estimate of drug-likeness (QED) is 0.676. The number of carbonyl (C=O) groups excluding carboxylic acids is 2. The van der Waals surface area contributed by atoms with Gasteiger partial charge >= 0.3 is 6.36 Å².